The highest BCUT2D eigenvalue weighted by molar-refractivity contribution is 6.06. The third-order valence-corrected chi connectivity index (χ3v) is 2.99. The number of pyridine rings is 1. The lowest BCUT2D eigenvalue weighted by molar-refractivity contribution is 0.102. The first kappa shape index (κ1) is 13.1. The second-order valence-corrected chi connectivity index (χ2v) is 4.44. The van der Waals surface area contributed by atoms with E-state index in [4.69, 9.17) is 4.74 Å². The second kappa shape index (κ2) is 5.62. The summed E-state index contributed by atoms with van der Waals surface area (Å²) in [6, 6.07) is 8.85. The van der Waals surface area contributed by atoms with E-state index in [9.17, 15) is 4.79 Å². The maximum atomic E-state index is 12.2. The lowest BCUT2D eigenvalue weighted by Gasteiger charge is -2.06. The number of carbonyl (C=O) groups excluding carboxylic acids is 1. The number of fused-ring (bicyclic) bond motifs is 1. The van der Waals surface area contributed by atoms with E-state index in [0.717, 1.165) is 10.9 Å². The van der Waals surface area contributed by atoms with Crippen LogP contribution in [0, 0.1) is 0 Å². The molecule has 6 heteroatoms. The molecule has 2 aromatic heterocycles. The molecule has 0 atom stereocenters. The highest BCUT2D eigenvalue weighted by Crippen LogP contribution is 2.16. The van der Waals surface area contributed by atoms with Crippen LogP contribution in [-0.2, 0) is 0 Å². The number of aromatic nitrogens is 3. The molecule has 0 saturated heterocycles. The number of anilines is 1. The molecule has 106 valence electrons. The van der Waals surface area contributed by atoms with Gasteiger partial charge in [0.15, 0.2) is 0 Å². The van der Waals surface area contributed by atoms with Crippen molar-refractivity contribution in [3.8, 4) is 5.88 Å². The lowest BCUT2D eigenvalue weighted by Crippen LogP contribution is -2.12. The lowest BCUT2D eigenvalue weighted by atomic mass is 10.1. The van der Waals surface area contributed by atoms with E-state index >= 15 is 0 Å². The summed E-state index contributed by atoms with van der Waals surface area (Å²) in [5.74, 6) is 0.340. The van der Waals surface area contributed by atoms with Gasteiger partial charge in [-0.25, -0.2) is 4.98 Å². The Morgan fingerprint density at radius 1 is 1.29 bits per heavy atom. The average Bonchev–Trinajstić information content (AvgIpc) is 2.97. The zero-order valence-corrected chi connectivity index (χ0v) is 11.5. The van der Waals surface area contributed by atoms with Gasteiger partial charge >= 0.3 is 0 Å². The summed E-state index contributed by atoms with van der Waals surface area (Å²) in [4.78, 5) is 16.3. The van der Waals surface area contributed by atoms with E-state index in [1.165, 1.54) is 0 Å². The molecule has 1 amide bonds. The molecule has 0 saturated carbocycles. The maximum Gasteiger partial charge on any atom is 0.255 e. The van der Waals surface area contributed by atoms with Crippen molar-refractivity contribution < 1.29 is 9.53 Å². The average molecular weight is 282 g/mol. The van der Waals surface area contributed by atoms with Crippen LogP contribution in [0.5, 0.6) is 5.88 Å². The summed E-state index contributed by atoms with van der Waals surface area (Å²) in [7, 11) is 0. The van der Waals surface area contributed by atoms with Crippen molar-refractivity contribution in [2.45, 2.75) is 6.92 Å². The van der Waals surface area contributed by atoms with E-state index in [0.29, 0.717) is 23.7 Å². The van der Waals surface area contributed by atoms with Gasteiger partial charge in [-0.15, -0.1) is 0 Å². The molecular formula is C15H14N4O2. The number of nitrogens with one attached hydrogen (secondary N) is 2. The first-order chi connectivity index (χ1) is 10.3. The van der Waals surface area contributed by atoms with Crippen LogP contribution in [0.3, 0.4) is 0 Å². The Balaban J connectivity index is 1.75. The molecule has 2 heterocycles. The van der Waals surface area contributed by atoms with Crippen LogP contribution >= 0.6 is 0 Å². The number of hydrogen-bond acceptors (Lipinski definition) is 4. The monoisotopic (exact) mass is 282 g/mol. The van der Waals surface area contributed by atoms with Gasteiger partial charge in [0.05, 0.1) is 30.2 Å². The Morgan fingerprint density at radius 2 is 2.19 bits per heavy atom. The van der Waals surface area contributed by atoms with Crippen molar-refractivity contribution in [1.82, 2.24) is 15.2 Å². The van der Waals surface area contributed by atoms with Gasteiger partial charge in [-0.3, -0.25) is 9.89 Å². The van der Waals surface area contributed by atoms with Crippen molar-refractivity contribution >= 4 is 22.5 Å². The van der Waals surface area contributed by atoms with Crippen LogP contribution in [0.1, 0.15) is 17.3 Å². The molecule has 2 N–H and O–H groups in total. The molecule has 6 nitrogen and oxygen atoms in total. The minimum absolute atomic E-state index is 0.197. The van der Waals surface area contributed by atoms with Gasteiger partial charge in [-0.2, -0.15) is 5.10 Å². The predicted molar refractivity (Wildman–Crippen MR) is 79.5 cm³/mol. The maximum absolute atomic E-state index is 12.2. The number of amides is 1. The van der Waals surface area contributed by atoms with Crippen LogP contribution in [0.4, 0.5) is 5.69 Å². The summed E-state index contributed by atoms with van der Waals surface area (Å²) >= 11 is 0. The summed E-state index contributed by atoms with van der Waals surface area (Å²) in [6.45, 7) is 2.45. The van der Waals surface area contributed by atoms with Crippen molar-refractivity contribution in [1.29, 1.82) is 0 Å². The van der Waals surface area contributed by atoms with E-state index < -0.39 is 0 Å². The van der Waals surface area contributed by atoms with Crippen molar-refractivity contribution in [2.24, 2.45) is 0 Å². The van der Waals surface area contributed by atoms with Gasteiger partial charge in [0, 0.05) is 17.0 Å². The molecule has 0 radical (unpaired) electrons. The van der Waals surface area contributed by atoms with E-state index in [1.807, 2.05) is 13.0 Å². The molecule has 0 bridgehead atoms. The Kier molecular flexibility index (Phi) is 3.51. The molecule has 0 aliphatic heterocycles. The summed E-state index contributed by atoms with van der Waals surface area (Å²) in [5, 5.41) is 10.5. The van der Waals surface area contributed by atoms with E-state index in [2.05, 4.69) is 20.5 Å². The zero-order chi connectivity index (χ0) is 14.7. The number of rotatable bonds is 4. The fourth-order valence-corrected chi connectivity index (χ4v) is 1.97. The molecule has 3 rings (SSSR count). The third kappa shape index (κ3) is 2.84. The first-order valence-corrected chi connectivity index (χ1v) is 6.59. The molecule has 21 heavy (non-hydrogen) atoms. The molecule has 0 fully saturated rings. The topological polar surface area (TPSA) is 79.9 Å². The standard InChI is InChI=1S/C15H14N4O2/c1-2-21-14-6-5-12(9-16-14)18-15(20)10-3-4-11-8-17-19-13(11)7-10/h3-9H,2H2,1H3,(H,17,19)(H,18,20). The van der Waals surface area contributed by atoms with Crippen LogP contribution in [0.25, 0.3) is 10.9 Å². The Morgan fingerprint density at radius 3 is 2.95 bits per heavy atom. The van der Waals surface area contributed by atoms with Gasteiger partial charge in [-0.05, 0) is 25.1 Å². The van der Waals surface area contributed by atoms with E-state index in [-0.39, 0.29) is 5.91 Å². The molecule has 1 aromatic carbocycles. The largest absolute Gasteiger partial charge is 0.478 e. The molecule has 3 aromatic rings. The normalized spacial score (nSPS) is 10.5. The second-order valence-electron chi connectivity index (χ2n) is 4.44. The van der Waals surface area contributed by atoms with Crippen LogP contribution < -0.4 is 10.1 Å². The van der Waals surface area contributed by atoms with E-state index in [1.54, 1.807) is 36.7 Å². The van der Waals surface area contributed by atoms with Crippen molar-refractivity contribution in [3.05, 3.63) is 48.3 Å². The number of hydrogen-bond donors (Lipinski definition) is 2. The molecule has 0 aliphatic carbocycles. The van der Waals surface area contributed by atoms with Gasteiger partial charge in [-0.1, -0.05) is 6.07 Å². The minimum atomic E-state index is -0.197. The fourth-order valence-electron chi connectivity index (χ4n) is 1.97. The van der Waals surface area contributed by atoms with Gasteiger partial charge in [0.2, 0.25) is 5.88 Å². The number of aromatic amines is 1. The van der Waals surface area contributed by atoms with Crippen molar-refractivity contribution in [3.63, 3.8) is 0 Å². The Labute approximate surface area is 121 Å². The SMILES string of the molecule is CCOc1ccc(NC(=O)c2ccc3cn[nH]c3c2)cn1. The molecule has 0 aliphatic rings. The van der Waals surface area contributed by atoms with Gasteiger partial charge in [0.1, 0.15) is 0 Å². The first-order valence-electron chi connectivity index (χ1n) is 6.59. The number of carbonyl (C=O) groups is 1. The van der Waals surface area contributed by atoms with Crippen LogP contribution in [0.15, 0.2) is 42.7 Å². The van der Waals surface area contributed by atoms with Crippen LogP contribution in [-0.4, -0.2) is 27.7 Å². The zero-order valence-electron chi connectivity index (χ0n) is 11.5. The summed E-state index contributed by atoms with van der Waals surface area (Å²) in [5.41, 5.74) is 2.00. The number of ether oxygens (including phenoxy) is 1. The van der Waals surface area contributed by atoms with Crippen molar-refractivity contribution in [2.75, 3.05) is 11.9 Å². The smallest absolute Gasteiger partial charge is 0.255 e. The number of nitrogens with zero attached hydrogens (tertiary/aromatic N) is 2. The summed E-state index contributed by atoms with van der Waals surface area (Å²) in [6.07, 6.45) is 3.28. The minimum Gasteiger partial charge on any atom is -0.478 e. The van der Waals surface area contributed by atoms with Gasteiger partial charge < -0.3 is 10.1 Å². The Bertz CT molecular complexity index is 765. The van der Waals surface area contributed by atoms with Crippen LogP contribution in [0.2, 0.25) is 0 Å². The molecule has 0 spiro atoms. The highest BCUT2D eigenvalue weighted by atomic mass is 16.5. The molecule has 0 unspecified atom stereocenters. The highest BCUT2D eigenvalue weighted by Gasteiger charge is 2.08. The Hall–Kier alpha value is -2.89. The quantitative estimate of drug-likeness (QED) is 0.770. The third-order valence-electron chi connectivity index (χ3n) is 2.99. The molecular weight excluding hydrogens is 268 g/mol. The summed E-state index contributed by atoms with van der Waals surface area (Å²) < 4.78 is 5.25. The number of H-pyrrole nitrogens is 1. The predicted octanol–water partition coefficient (Wildman–Crippen LogP) is 2.61. The number of benzene rings is 1. The van der Waals surface area contributed by atoms with Gasteiger partial charge in [0.25, 0.3) is 5.91 Å². The fraction of sp³-hybridized carbons (Fsp3) is 0.133.